The average molecular weight is 391 g/mol. The van der Waals surface area contributed by atoms with E-state index in [1.54, 1.807) is 4.68 Å². The summed E-state index contributed by atoms with van der Waals surface area (Å²) in [7, 11) is 0. The van der Waals surface area contributed by atoms with E-state index < -0.39 is 0 Å². The normalized spacial score (nSPS) is 21.1. The topological polar surface area (TPSA) is 59.8 Å². The Morgan fingerprint density at radius 1 is 1.07 bits per heavy atom. The Morgan fingerprint density at radius 2 is 1.86 bits per heavy atom. The first kappa shape index (κ1) is 17.2. The zero-order chi connectivity index (χ0) is 19.3. The first-order chi connectivity index (χ1) is 13.6. The molecule has 2 aliphatic rings. The fourth-order valence-corrected chi connectivity index (χ4v) is 4.46. The zero-order valence-electron chi connectivity index (χ0n) is 15.4. The minimum Gasteiger partial charge on any atom is -0.328 e. The zero-order valence-corrected chi connectivity index (χ0v) is 16.1. The van der Waals surface area contributed by atoms with Gasteiger partial charge in [-0.1, -0.05) is 54.1 Å². The number of carbonyl (C=O) groups is 1. The molecule has 0 saturated carbocycles. The van der Waals surface area contributed by atoms with Crippen molar-refractivity contribution in [3.8, 4) is 0 Å². The third kappa shape index (κ3) is 2.83. The third-order valence-electron chi connectivity index (χ3n) is 5.46. The maximum atomic E-state index is 13.3. The number of nitrogens with one attached hydrogen (secondary N) is 1. The smallest absolute Gasteiger partial charge is 0.226 e. The molecule has 0 amide bonds. The van der Waals surface area contributed by atoms with Crippen molar-refractivity contribution >= 4 is 23.3 Å². The highest BCUT2D eigenvalue weighted by molar-refractivity contribution is 6.30. The highest BCUT2D eigenvalue weighted by Gasteiger charge is 2.39. The second-order valence-electron chi connectivity index (χ2n) is 7.34. The lowest BCUT2D eigenvalue weighted by Crippen LogP contribution is -2.33. The van der Waals surface area contributed by atoms with Gasteiger partial charge in [0.25, 0.3) is 0 Å². The van der Waals surface area contributed by atoms with Crippen LogP contribution < -0.4 is 5.32 Å². The van der Waals surface area contributed by atoms with Crippen LogP contribution in [0, 0.1) is 6.92 Å². The van der Waals surface area contributed by atoms with Crippen LogP contribution in [0.1, 0.15) is 41.8 Å². The number of rotatable bonds is 2. The van der Waals surface area contributed by atoms with E-state index >= 15 is 0 Å². The maximum Gasteiger partial charge on any atom is 0.226 e. The van der Waals surface area contributed by atoms with Crippen LogP contribution in [0.15, 0.2) is 65.9 Å². The molecule has 2 aromatic carbocycles. The molecule has 28 heavy (non-hydrogen) atoms. The van der Waals surface area contributed by atoms with Gasteiger partial charge in [0.05, 0.1) is 0 Å². The molecule has 0 fully saturated rings. The molecule has 1 N–H and O–H groups in total. The van der Waals surface area contributed by atoms with Crippen LogP contribution in [0.4, 0.5) is 5.95 Å². The number of fused-ring (bicyclic) bond motifs is 1. The van der Waals surface area contributed by atoms with Gasteiger partial charge < -0.3 is 5.32 Å². The Labute approximate surface area is 168 Å². The van der Waals surface area contributed by atoms with Gasteiger partial charge in [-0.2, -0.15) is 10.1 Å². The minimum absolute atomic E-state index is 0.145. The van der Waals surface area contributed by atoms with Crippen molar-refractivity contribution in [2.45, 2.75) is 31.7 Å². The minimum atomic E-state index is -0.310. The van der Waals surface area contributed by atoms with Crippen molar-refractivity contribution in [2.75, 3.05) is 5.32 Å². The molecule has 1 aromatic heterocycles. The van der Waals surface area contributed by atoms with E-state index in [2.05, 4.69) is 27.5 Å². The molecular weight excluding hydrogens is 372 g/mol. The molecule has 5 nitrogen and oxygen atoms in total. The van der Waals surface area contributed by atoms with Crippen molar-refractivity contribution in [1.82, 2.24) is 14.8 Å². The summed E-state index contributed by atoms with van der Waals surface area (Å²) >= 11 is 6.25. The SMILES string of the molecule is Cc1nc2n(n1)[C@H](c1cccc(Cl)c1)C1=C(C[C@H](c3ccccc3)CC1=O)N2. The van der Waals surface area contributed by atoms with Crippen molar-refractivity contribution in [3.05, 3.63) is 87.8 Å². The van der Waals surface area contributed by atoms with Gasteiger partial charge in [0, 0.05) is 22.7 Å². The molecule has 5 rings (SSSR count). The summed E-state index contributed by atoms with van der Waals surface area (Å²) in [5, 5.41) is 8.58. The van der Waals surface area contributed by atoms with Crippen LogP contribution in [0.2, 0.25) is 5.02 Å². The van der Waals surface area contributed by atoms with Gasteiger partial charge in [0.1, 0.15) is 11.9 Å². The summed E-state index contributed by atoms with van der Waals surface area (Å²) in [5.41, 5.74) is 3.84. The molecule has 0 saturated heterocycles. The van der Waals surface area contributed by atoms with Crippen LogP contribution >= 0.6 is 11.6 Å². The second-order valence-corrected chi connectivity index (χ2v) is 7.78. The molecule has 0 bridgehead atoms. The van der Waals surface area contributed by atoms with Crippen molar-refractivity contribution in [1.29, 1.82) is 0 Å². The summed E-state index contributed by atoms with van der Waals surface area (Å²) < 4.78 is 1.81. The number of anilines is 1. The predicted molar refractivity (Wildman–Crippen MR) is 108 cm³/mol. The largest absolute Gasteiger partial charge is 0.328 e. The summed E-state index contributed by atoms with van der Waals surface area (Å²) in [6.07, 6.45) is 1.26. The summed E-state index contributed by atoms with van der Waals surface area (Å²) in [5.74, 6) is 1.64. The molecule has 3 aromatic rings. The van der Waals surface area contributed by atoms with Gasteiger partial charge in [-0.25, -0.2) is 4.68 Å². The van der Waals surface area contributed by atoms with Crippen LogP contribution in [0.5, 0.6) is 0 Å². The van der Waals surface area contributed by atoms with E-state index in [4.69, 9.17) is 11.6 Å². The summed E-state index contributed by atoms with van der Waals surface area (Å²) in [6.45, 7) is 1.86. The molecule has 2 atom stereocenters. The number of hydrogen-bond donors (Lipinski definition) is 1. The highest BCUT2D eigenvalue weighted by Crippen LogP contribution is 2.44. The van der Waals surface area contributed by atoms with Crippen molar-refractivity contribution in [3.63, 3.8) is 0 Å². The van der Waals surface area contributed by atoms with Crippen LogP contribution in [-0.4, -0.2) is 20.5 Å². The standard InChI is InChI=1S/C22H19ClN4O/c1-13-24-22-25-18-11-16(14-6-3-2-4-7-14)12-19(28)20(18)21(27(22)26-13)15-8-5-9-17(23)10-15/h2-10,16,21H,11-12H2,1H3,(H,24,25,26)/t16-,21+/m0/s1. The van der Waals surface area contributed by atoms with E-state index in [1.165, 1.54) is 5.56 Å². The third-order valence-corrected chi connectivity index (χ3v) is 5.70. The molecule has 140 valence electrons. The number of ketones is 1. The number of hydrogen-bond acceptors (Lipinski definition) is 4. The lowest BCUT2D eigenvalue weighted by atomic mass is 9.78. The van der Waals surface area contributed by atoms with Crippen molar-refractivity contribution < 1.29 is 4.79 Å². The summed E-state index contributed by atoms with van der Waals surface area (Å²) in [6, 6.07) is 17.5. The van der Waals surface area contributed by atoms with Gasteiger partial charge >= 0.3 is 0 Å². The highest BCUT2D eigenvalue weighted by atomic mass is 35.5. The van der Waals surface area contributed by atoms with Crippen molar-refractivity contribution in [2.24, 2.45) is 0 Å². The molecule has 1 aliphatic heterocycles. The van der Waals surface area contributed by atoms with E-state index in [0.29, 0.717) is 23.2 Å². The number of allylic oxidation sites excluding steroid dienone is 2. The lowest BCUT2D eigenvalue weighted by Gasteiger charge is -2.35. The van der Waals surface area contributed by atoms with Gasteiger partial charge in [0.15, 0.2) is 5.78 Å². The Bertz CT molecular complexity index is 1100. The number of benzene rings is 2. The average Bonchev–Trinajstić information content (AvgIpc) is 3.06. The number of nitrogens with zero attached hydrogens (tertiary/aromatic N) is 3. The molecule has 0 spiro atoms. The molecule has 0 unspecified atom stereocenters. The monoisotopic (exact) mass is 390 g/mol. The Hall–Kier alpha value is -2.92. The quantitative estimate of drug-likeness (QED) is 0.691. The fourth-order valence-electron chi connectivity index (χ4n) is 4.26. The number of aromatic nitrogens is 3. The maximum absolute atomic E-state index is 13.3. The van der Waals surface area contributed by atoms with Crippen LogP contribution in [0.25, 0.3) is 0 Å². The second kappa shape index (κ2) is 6.60. The first-order valence-electron chi connectivity index (χ1n) is 9.37. The fraction of sp³-hybridized carbons (Fsp3) is 0.227. The number of aryl methyl sites for hydroxylation is 1. The van der Waals surface area contributed by atoms with E-state index in [9.17, 15) is 4.79 Å². The predicted octanol–water partition coefficient (Wildman–Crippen LogP) is 4.66. The summed E-state index contributed by atoms with van der Waals surface area (Å²) in [4.78, 5) is 17.8. The first-order valence-corrected chi connectivity index (χ1v) is 9.75. The van der Waals surface area contributed by atoms with Gasteiger partial charge in [-0.05, 0) is 42.5 Å². The Morgan fingerprint density at radius 3 is 2.64 bits per heavy atom. The van der Waals surface area contributed by atoms with E-state index in [-0.39, 0.29) is 17.7 Å². The number of Topliss-reactive ketones (excluding diaryl/α,β-unsaturated/α-hetero) is 1. The lowest BCUT2D eigenvalue weighted by molar-refractivity contribution is -0.116. The van der Waals surface area contributed by atoms with Crippen LogP contribution in [0.3, 0.4) is 0 Å². The molecule has 1 aliphatic carbocycles. The molecule has 0 radical (unpaired) electrons. The molecular formula is C22H19ClN4O. The Balaban J connectivity index is 1.63. The Kier molecular flexibility index (Phi) is 4.05. The molecule has 2 heterocycles. The number of halogens is 1. The van der Waals surface area contributed by atoms with E-state index in [1.807, 2.05) is 49.4 Å². The van der Waals surface area contributed by atoms with Crippen LogP contribution in [-0.2, 0) is 4.79 Å². The molecule has 6 heteroatoms. The van der Waals surface area contributed by atoms with Gasteiger partial charge in [-0.3, -0.25) is 4.79 Å². The van der Waals surface area contributed by atoms with E-state index in [0.717, 1.165) is 23.3 Å². The number of carbonyl (C=O) groups excluding carboxylic acids is 1. The van der Waals surface area contributed by atoms with Gasteiger partial charge in [0.2, 0.25) is 5.95 Å². The van der Waals surface area contributed by atoms with Gasteiger partial charge in [-0.15, -0.1) is 0 Å².